The van der Waals surface area contributed by atoms with Crippen LogP contribution in [-0.2, 0) is 0 Å². The average Bonchev–Trinajstić information content (AvgIpc) is 2.30. The second-order valence-corrected chi connectivity index (χ2v) is 4.51. The summed E-state index contributed by atoms with van der Waals surface area (Å²) in [5, 5.41) is 9.66. The van der Waals surface area contributed by atoms with Gasteiger partial charge in [0.05, 0.1) is 0 Å². The fourth-order valence-corrected chi connectivity index (χ4v) is 1.41. The van der Waals surface area contributed by atoms with E-state index in [-0.39, 0.29) is 68.9 Å². The third kappa shape index (κ3) is 5.06. The quantitative estimate of drug-likeness (QED) is 0.467. The van der Waals surface area contributed by atoms with Gasteiger partial charge in [0.2, 0.25) is 0 Å². The maximum atomic E-state index is 13.3. The molecule has 1 nitrogen and oxygen atoms in total. The predicted molar refractivity (Wildman–Crippen MR) is 45.0 cm³/mol. The van der Waals surface area contributed by atoms with Crippen molar-refractivity contribution in [3.63, 3.8) is 0 Å². The van der Waals surface area contributed by atoms with Crippen LogP contribution < -0.4 is 74.0 Å². The van der Waals surface area contributed by atoms with Crippen LogP contribution in [0, 0.1) is 0 Å². The Morgan fingerprint density at radius 3 is 1.00 bits per heavy atom. The van der Waals surface area contributed by atoms with Gasteiger partial charge < -0.3 is 5.11 Å². The van der Waals surface area contributed by atoms with Gasteiger partial charge in [0.1, 0.15) is 5.57 Å². The first-order chi connectivity index (χ1) is 11.3. The Morgan fingerprint density at radius 2 is 0.821 bits per heavy atom. The van der Waals surface area contributed by atoms with Crippen LogP contribution in [0.15, 0.2) is 11.4 Å². The van der Waals surface area contributed by atoms with E-state index in [1.54, 1.807) is 0 Å². The molecule has 0 saturated carbocycles. The molecule has 0 aromatic heterocycles. The van der Waals surface area contributed by atoms with Crippen LogP contribution in [-0.4, -0.2) is 42.2 Å². The Bertz CT molecular complexity index is 574. The molecule has 0 spiro atoms. The van der Waals surface area contributed by atoms with Crippen LogP contribution in [0.25, 0.3) is 0 Å². The number of allylic oxidation sites excluding steroid dienone is 1. The third-order valence-electron chi connectivity index (χ3n) is 2.67. The van der Waals surface area contributed by atoms with Gasteiger partial charge in [-0.15, -0.1) is 0 Å². The molecule has 0 fully saturated rings. The summed E-state index contributed by atoms with van der Waals surface area (Å²) in [5.41, 5.74) is -14.0. The molecule has 0 amide bonds. The summed E-state index contributed by atoms with van der Waals surface area (Å²) < 4.78 is 212. The number of alkyl halides is 16. The van der Waals surface area contributed by atoms with Gasteiger partial charge in [-0.3, -0.25) is 0 Å². The number of rotatable bonds is 4. The minimum absolute atomic E-state index is 0. The minimum atomic E-state index is -8.36. The largest absolute Gasteiger partial charge is 1.00 e. The van der Waals surface area contributed by atoms with Gasteiger partial charge in [0.25, 0.3) is 6.11 Å². The van der Waals surface area contributed by atoms with Crippen LogP contribution >= 0.6 is 0 Å². The van der Waals surface area contributed by atoms with Crippen molar-refractivity contribution in [2.45, 2.75) is 42.2 Å². The van der Waals surface area contributed by atoms with E-state index in [1.807, 2.05) is 0 Å². The fourth-order valence-electron chi connectivity index (χ4n) is 1.41. The molecule has 0 aromatic carbocycles. The second kappa shape index (κ2) is 8.25. The van der Waals surface area contributed by atoms with Crippen LogP contribution in [0.3, 0.4) is 0 Å². The van der Waals surface area contributed by atoms with Gasteiger partial charge in [-0.05, 0) is 0 Å². The maximum absolute atomic E-state index is 13.3. The summed E-state index contributed by atoms with van der Waals surface area (Å²) in [6, 6.07) is 0. The third-order valence-corrected chi connectivity index (χ3v) is 2.67. The van der Waals surface area contributed by atoms with Crippen molar-refractivity contribution in [3.05, 3.63) is 11.4 Å². The number of halogens is 17. The minimum Gasteiger partial charge on any atom is -0.793 e. The molecule has 0 saturated heterocycles. The molecule has 0 aliphatic rings. The Hall–Kier alpha value is 0.562. The number of hydrogen-bond acceptors (Lipinski definition) is 1. The zero-order valence-electron chi connectivity index (χ0n) is 12.3. The average molecular weight is 580 g/mol. The summed E-state index contributed by atoms with van der Waals surface area (Å²) in [7, 11) is 0. The van der Waals surface area contributed by atoms with Gasteiger partial charge in [-0.25, -0.2) is 17.6 Å². The molecule has 162 valence electrons. The van der Waals surface area contributed by atoms with Gasteiger partial charge in [0, 0.05) is 0 Å². The normalized spacial score (nSPS) is 16.5. The standard InChI is InChI=1S/C9F17O.Cs/c10-2(4(13,14)9(25,26)27)1(5(15,16)17)3(11,12)6(18,7(19,20)21)8(22,23)24;/q-1;+1. The molecule has 0 aromatic rings. The molecule has 0 atom stereocenters. The molecule has 0 heterocycles. The molecular formula is C9CsF17O. The fraction of sp³-hybridized carbons (Fsp3) is 0.778. The maximum Gasteiger partial charge on any atom is 1.00 e. The van der Waals surface area contributed by atoms with E-state index >= 15 is 0 Å². The summed E-state index contributed by atoms with van der Waals surface area (Å²) in [4.78, 5) is 0. The van der Waals surface area contributed by atoms with Crippen molar-refractivity contribution >= 4 is 0 Å². The molecule has 0 rings (SSSR count). The summed E-state index contributed by atoms with van der Waals surface area (Å²) in [5.74, 6) is -21.3. The molecule has 0 bridgehead atoms. The summed E-state index contributed by atoms with van der Waals surface area (Å²) >= 11 is 0. The molecule has 0 radical (unpaired) electrons. The first-order valence-electron chi connectivity index (χ1n) is 5.42. The molecule has 0 aliphatic carbocycles. The van der Waals surface area contributed by atoms with Crippen molar-refractivity contribution in [1.29, 1.82) is 0 Å². The zero-order chi connectivity index (χ0) is 22.7. The van der Waals surface area contributed by atoms with E-state index in [9.17, 15) is 79.7 Å². The topological polar surface area (TPSA) is 23.1 Å². The van der Waals surface area contributed by atoms with Crippen molar-refractivity contribution in [1.82, 2.24) is 0 Å². The Labute approximate surface area is 200 Å². The van der Waals surface area contributed by atoms with Crippen molar-refractivity contribution in [2.24, 2.45) is 0 Å². The van der Waals surface area contributed by atoms with Gasteiger partial charge in [0.15, 0.2) is 5.83 Å². The number of hydrogen-bond donors (Lipinski definition) is 0. The summed E-state index contributed by atoms with van der Waals surface area (Å²) in [6.45, 7) is 0. The molecule has 0 unspecified atom stereocenters. The van der Waals surface area contributed by atoms with Crippen molar-refractivity contribution < 1.29 is 149 Å². The Morgan fingerprint density at radius 1 is 0.536 bits per heavy atom. The van der Waals surface area contributed by atoms with E-state index < -0.39 is 53.6 Å². The van der Waals surface area contributed by atoms with Gasteiger partial charge >= 0.3 is 105 Å². The first-order valence-corrected chi connectivity index (χ1v) is 5.42. The van der Waals surface area contributed by atoms with Crippen molar-refractivity contribution in [3.8, 4) is 0 Å². The predicted octanol–water partition coefficient (Wildman–Crippen LogP) is 1.83. The molecular weight excluding hydrogens is 580 g/mol. The monoisotopic (exact) mass is 580 g/mol. The first kappa shape index (κ1) is 30.8. The van der Waals surface area contributed by atoms with Crippen LogP contribution in [0.1, 0.15) is 0 Å². The Kier molecular flexibility index (Phi) is 9.06. The summed E-state index contributed by atoms with van der Waals surface area (Å²) in [6.07, 6.45) is -31.0. The van der Waals surface area contributed by atoms with E-state index in [0.717, 1.165) is 0 Å². The van der Waals surface area contributed by atoms with Crippen LogP contribution in [0.4, 0.5) is 74.6 Å². The van der Waals surface area contributed by atoms with E-state index in [1.165, 1.54) is 0 Å². The SMILES string of the molecule is [Cs+].[O-]C(F)(F)C(F)(F)C(F)=C(C(F)(F)F)C(F)(F)C(F)(C(F)(F)F)C(F)(F)F. The molecule has 0 N–H and O–H groups in total. The zero-order valence-corrected chi connectivity index (χ0v) is 18.6. The van der Waals surface area contributed by atoms with Gasteiger partial charge in [-0.1, -0.05) is 0 Å². The molecule has 19 heteroatoms. The van der Waals surface area contributed by atoms with Crippen molar-refractivity contribution in [2.75, 3.05) is 0 Å². The second-order valence-electron chi connectivity index (χ2n) is 4.51. The van der Waals surface area contributed by atoms with E-state index in [4.69, 9.17) is 0 Å². The van der Waals surface area contributed by atoms with Crippen LogP contribution in [0.2, 0.25) is 0 Å². The van der Waals surface area contributed by atoms with E-state index in [0.29, 0.717) is 0 Å². The Balaban J connectivity index is 0. The molecule has 0 aliphatic heterocycles. The molecule has 28 heavy (non-hydrogen) atoms. The van der Waals surface area contributed by atoms with Gasteiger partial charge in [-0.2, -0.15) is 57.1 Å². The van der Waals surface area contributed by atoms with Crippen LogP contribution in [0.5, 0.6) is 0 Å². The smallest absolute Gasteiger partial charge is 0.793 e. The van der Waals surface area contributed by atoms with E-state index in [2.05, 4.69) is 0 Å².